The first-order chi connectivity index (χ1) is 11.5. The minimum atomic E-state index is -0.167. The standard InChI is InChI=1S/C19H24N2O3/c1-12-7-8-13(2)16(11-12)20-17(22)9-10-21-18(23)14-5-3-4-6-15(14)19(21)24/h7-8,11,14-15H,3-6,9-10H2,1-2H3,(H,20,22)/t14-,15+. The third-order valence-electron chi connectivity index (χ3n) is 5.16. The van der Waals surface area contributed by atoms with E-state index in [1.165, 1.54) is 4.90 Å². The fourth-order valence-electron chi connectivity index (χ4n) is 3.75. The average molecular weight is 328 g/mol. The zero-order chi connectivity index (χ0) is 17.3. The molecule has 0 bridgehead atoms. The van der Waals surface area contributed by atoms with Crippen molar-refractivity contribution < 1.29 is 14.4 Å². The van der Waals surface area contributed by atoms with Crippen LogP contribution in [0.3, 0.4) is 0 Å². The predicted molar refractivity (Wildman–Crippen MR) is 91.3 cm³/mol. The number of amides is 3. The molecule has 1 aliphatic carbocycles. The van der Waals surface area contributed by atoms with Gasteiger partial charge in [-0.05, 0) is 43.9 Å². The molecule has 0 spiro atoms. The van der Waals surface area contributed by atoms with Crippen molar-refractivity contribution in [1.82, 2.24) is 4.90 Å². The Morgan fingerprint density at radius 2 is 1.75 bits per heavy atom. The van der Waals surface area contributed by atoms with Crippen LogP contribution in [0.1, 0.15) is 43.2 Å². The van der Waals surface area contributed by atoms with E-state index in [0.717, 1.165) is 42.5 Å². The van der Waals surface area contributed by atoms with Crippen molar-refractivity contribution in [2.45, 2.75) is 46.0 Å². The van der Waals surface area contributed by atoms with E-state index in [-0.39, 0.29) is 42.5 Å². The molecule has 1 saturated carbocycles. The molecule has 2 aliphatic rings. The first-order valence-corrected chi connectivity index (χ1v) is 8.69. The third kappa shape index (κ3) is 3.21. The van der Waals surface area contributed by atoms with Gasteiger partial charge in [0, 0.05) is 18.7 Å². The van der Waals surface area contributed by atoms with Crippen molar-refractivity contribution in [3.05, 3.63) is 29.3 Å². The quantitative estimate of drug-likeness (QED) is 0.864. The van der Waals surface area contributed by atoms with Crippen LogP contribution in [-0.2, 0) is 14.4 Å². The summed E-state index contributed by atoms with van der Waals surface area (Å²) < 4.78 is 0. The van der Waals surface area contributed by atoms with Gasteiger partial charge in [0.1, 0.15) is 0 Å². The molecule has 1 heterocycles. The number of hydrogen-bond acceptors (Lipinski definition) is 3. The Bertz CT molecular complexity index is 659. The number of anilines is 1. The molecule has 0 unspecified atom stereocenters. The van der Waals surface area contributed by atoms with Gasteiger partial charge in [-0.1, -0.05) is 25.0 Å². The number of carbonyl (C=O) groups excluding carboxylic acids is 3. The number of nitrogens with zero attached hydrogens (tertiary/aromatic N) is 1. The first-order valence-electron chi connectivity index (χ1n) is 8.69. The molecule has 1 aliphatic heterocycles. The van der Waals surface area contributed by atoms with E-state index in [9.17, 15) is 14.4 Å². The van der Waals surface area contributed by atoms with Gasteiger partial charge in [0.15, 0.2) is 0 Å². The van der Waals surface area contributed by atoms with Crippen molar-refractivity contribution in [1.29, 1.82) is 0 Å². The number of aryl methyl sites for hydroxylation is 2. The van der Waals surface area contributed by atoms with Crippen LogP contribution in [-0.4, -0.2) is 29.2 Å². The number of nitrogens with one attached hydrogen (secondary N) is 1. The summed E-state index contributed by atoms with van der Waals surface area (Å²) >= 11 is 0. The Balaban J connectivity index is 1.59. The molecular weight excluding hydrogens is 304 g/mol. The van der Waals surface area contributed by atoms with E-state index in [0.29, 0.717) is 0 Å². The molecule has 0 radical (unpaired) electrons. The van der Waals surface area contributed by atoms with E-state index in [1.54, 1.807) is 0 Å². The fourth-order valence-corrected chi connectivity index (χ4v) is 3.75. The highest BCUT2D eigenvalue weighted by atomic mass is 16.2. The number of benzene rings is 1. The van der Waals surface area contributed by atoms with Gasteiger partial charge < -0.3 is 5.32 Å². The maximum absolute atomic E-state index is 12.4. The van der Waals surface area contributed by atoms with Crippen molar-refractivity contribution >= 4 is 23.4 Å². The van der Waals surface area contributed by atoms with Gasteiger partial charge in [-0.2, -0.15) is 0 Å². The van der Waals surface area contributed by atoms with Crippen LogP contribution in [0.25, 0.3) is 0 Å². The third-order valence-corrected chi connectivity index (χ3v) is 5.16. The minimum Gasteiger partial charge on any atom is -0.326 e. The molecule has 1 aromatic carbocycles. The van der Waals surface area contributed by atoms with Crippen LogP contribution in [0.15, 0.2) is 18.2 Å². The van der Waals surface area contributed by atoms with E-state index < -0.39 is 0 Å². The molecule has 3 amide bonds. The zero-order valence-corrected chi connectivity index (χ0v) is 14.3. The predicted octanol–water partition coefficient (Wildman–Crippen LogP) is 2.81. The number of hydrogen-bond donors (Lipinski definition) is 1. The SMILES string of the molecule is Cc1ccc(C)c(NC(=O)CCN2C(=O)[C@H]3CCCC[C@H]3C2=O)c1. The molecule has 3 rings (SSSR count). The summed E-state index contributed by atoms with van der Waals surface area (Å²) in [4.78, 5) is 38.3. The Hall–Kier alpha value is -2.17. The summed E-state index contributed by atoms with van der Waals surface area (Å²) in [5.41, 5.74) is 2.85. The normalized spacial score (nSPS) is 23.3. The molecule has 5 heteroatoms. The summed E-state index contributed by atoms with van der Waals surface area (Å²) in [6, 6.07) is 5.88. The van der Waals surface area contributed by atoms with Crippen LogP contribution in [0.2, 0.25) is 0 Å². The molecule has 1 N–H and O–H groups in total. The number of imide groups is 1. The Morgan fingerprint density at radius 1 is 1.12 bits per heavy atom. The van der Waals surface area contributed by atoms with E-state index >= 15 is 0 Å². The van der Waals surface area contributed by atoms with Crippen LogP contribution < -0.4 is 5.32 Å². The van der Waals surface area contributed by atoms with Gasteiger partial charge in [-0.3, -0.25) is 19.3 Å². The highest BCUT2D eigenvalue weighted by molar-refractivity contribution is 6.05. The zero-order valence-electron chi connectivity index (χ0n) is 14.3. The second kappa shape index (κ2) is 6.75. The molecule has 0 aromatic heterocycles. The summed E-state index contributed by atoms with van der Waals surface area (Å²) in [5, 5.41) is 2.88. The van der Waals surface area contributed by atoms with Gasteiger partial charge in [0.25, 0.3) is 0 Å². The molecule has 5 nitrogen and oxygen atoms in total. The summed E-state index contributed by atoms with van der Waals surface area (Å²) in [6.45, 7) is 4.09. The van der Waals surface area contributed by atoms with Gasteiger partial charge in [0.05, 0.1) is 11.8 Å². The van der Waals surface area contributed by atoms with Gasteiger partial charge in [-0.25, -0.2) is 0 Å². The van der Waals surface area contributed by atoms with Gasteiger partial charge in [0.2, 0.25) is 17.7 Å². The number of fused-ring (bicyclic) bond motifs is 1. The number of likely N-dealkylation sites (tertiary alicyclic amines) is 1. The number of carbonyl (C=O) groups is 3. The lowest BCUT2D eigenvalue weighted by Gasteiger charge is -2.19. The highest BCUT2D eigenvalue weighted by Crippen LogP contribution is 2.37. The molecule has 128 valence electrons. The minimum absolute atomic E-state index is 0.0794. The summed E-state index contributed by atoms with van der Waals surface area (Å²) in [5.74, 6) is -0.616. The Morgan fingerprint density at radius 3 is 2.38 bits per heavy atom. The average Bonchev–Trinajstić information content (AvgIpc) is 2.81. The molecular formula is C19H24N2O3. The largest absolute Gasteiger partial charge is 0.326 e. The second-order valence-electron chi connectivity index (χ2n) is 6.94. The molecule has 2 fully saturated rings. The summed E-state index contributed by atoms with van der Waals surface area (Å²) in [6.07, 6.45) is 3.79. The lowest BCUT2D eigenvalue weighted by molar-refractivity contribution is -0.140. The smallest absolute Gasteiger partial charge is 0.233 e. The van der Waals surface area contributed by atoms with Crippen LogP contribution >= 0.6 is 0 Å². The monoisotopic (exact) mass is 328 g/mol. The Labute approximate surface area is 142 Å². The maximum atomic E-state index is 12.4. The van der Waals surface area contributed by atoms with Crippen molar-refractivity contribution in [3.8, 4) is 0 Å². The van der Waals surface area contributed by atoms with Crippen LogP contribution in [0, 0.1) is 25.7 Å². The molecule has 2 atom stereocenters. The van der Waals surface area contributed by atoms with Gasteiger partial charge >= 0.3 is 0 Å². The lowest BCUT2D eigenvalue weighted by atomic mass is 9.81. The van der Waals surface area contributed by atoms with E-state index in [1.807, 2.05) is 32.0 Å². The van der Waals surface area contributed by atoms with E-state index in [2.05, 4.69) is 5.32 Å². The van der Waals surface area contributed by atoms with Gasteiger partial charge in [-0.15, -0.1) is 0 Å². The molecule has 1 aromatic rings. The maximum Gasteiger partial charge on any atom is 0.233 e. The number of rotatable bonds is 4. The van der Waals surface area contributed by atoms with Crippen molar-refractivity contribution in [2.75, 3.05) is 11.9 Å². The fraction of sp³-hybridized carbons (Fsp3) is 0.526. The topological polar surface area (TPSA) is 66.5 Å². The second-order valence-corrected chi connectivity index (χ2v) is 6.94. The first kappa shape index (κ1) is 16.7. The molecule has 1 saturated heterocycles. The highest BCUT2D eigenvalue weighted by Gasteiger charge is 2.47. The van der Waals surface area contributed by atoms with Crippen LogP contribution in [0.5, 0.6) is 0 Å². The lowest BCUT2D eigenvalue weighted by Crippen LogP contribution is -2.34. The summed E-state index contributed by atoms with van der Waals surface area (Å²) in [7, 11) is 0. The van der Waals surface area contributed by atoms with E-state index in [4.69, 9.17) is 0 Å². The van der Waals surface area contributed by atoms with Crippen LogP contribution in [0.4, 0.5) is 5.69 Å². The van der Waals surface area contributed by atoms with Crippen molar-refractivity contribution in [3.63, 3.8) is 0 Å². The molecule has 24 heavy (non-hydrogen) atoms. The Kier molecular flexibility index (Phi) is 4.69. The van der Waals surface area contributed by atoms with Crippen molar-refractivity contribution in [2.24, 2.45) is 11.8 Å².